The molecule has 21 atom stereocenters. The lowest BCUT2D eigenvalue weighted by Crippen LogP contribution is -2.70. The van der Waals surface area contributed by atoms with Crippen LogP contribution in [0.4, 0.5) is 0 Å². The van der Waals surface area contributed by atoms with Crippen LogP contribution in [0.2, 0.25) is 0 Å². The van der Waals surface area contributed by atoms with Crippen molar-refractivity contribution in [2.45, 2.75) is 180 Å². The molecule has 7 rings (SSSR count). The molecule has 2 aliphatic heterocycles. The zero-order valence-corrected chi connectivity index (χ0v) is 34.2. The largest absolute Gasteiger partial charge is 0.396 e. The Balaban J connectivity index is 1.15. The van der Waals surface area contributed by atoms with E-state index >= 15 is 0 Å². The summed E-state index contributed by atoms with van der Waals surface area (Å²) in [6.07, 6.45) is -9.02. The molecule has 7 aliphatic rings. The van der Waals surface area contributed by atoms with Crippen molar-refractivity contribution < 1.29 is 70.0 Å². The second-order valence-electron chi connectivity index (χ2n) is 20.8. The van der Waals surface area contributed by atoms with E-state index in [1.807, 2.05) is 6.92 Å². The minimum atomic E-state index is -1.75. The zero-order valence-electron chi connectivity index (χ0n) is 34.2. The summed E-state index contributed by atoms with van der Waals surface area (Å²) in [4.78, 5) is 0. The molecular formula is C42H70O14. The fourth-order valence-electron chi connectivity index (χ4n) is 13.8. The molecule has 5 aliphatic carbocycles. The van der Waals surface area contributed by atoms with E-state index < -0.39 is 113 Å². The van der Waals surface area contributed by atoms with Crippen LogP contribution >= 0.6 is 0 Å². The maximum atomic E-state index is 12.4. The first-order valence-electron chi connectivity index (χ1n) is 21.0. The van der Waals surface area contributed by atoms with Crippen molar-refractivity contribution in [1.82, 2.24) is 0 Å². The molecule has 4 saturated carbocycles. The summed E-state index contributed by atoms with van der Waals surface area (Å²) in [5.41, 5.74) is -1.56. The monoisotopic (exact) mass is 798 g/mol. The Morgan fingerprint density at radius 1 is 0.714 bits per heavy atom. The molecule has 0 amide bonds. The van der Waals surface area contributed by atoms with Gasteiger partial charge < -0.3 is 70.0 Å². The van der Waals surface area contributed by atoms with Gasteiger partial charge in [-0.3, -0.25) is 0 Å². The summed E-state index contributed by atoms with van der Waals surface area (Å²) < 4.78 is 24.0. The number of rotatable bonds is 7. The lowest BCUT2D eigenvalue weighted by molar-refractivity contribution is -0.368. The van der Waals surface area contributed by atoms with E-state index in [0.29, 0.717) is 19.3 Å². The first-order chi connectivity index (χ1) is 26.1. The summed E-state index contributed by atoms with van der Waals surface area (Å²) in [5.74, 6) is -0.373. The van der Waals surface area contributed by atoms with Gasteiger partial charge in [0.2, 0.25) is 0 Å². The maximum Gasteiger partial charge on any atom is 0.187 e. The fourth-order valence-corrected chi connectivity index (χ4v) is 13.8. The summed E-state index contributed by atoms with van der Waals surface area (Å²) in [7, 11) is 0. The van der Waals surface area contributed by atoms with Gasteiger partial charge in [-0.05, 0) is 91.8 Å². The molecule has 14 nitrogen and oxygen atoms in total. The van der Waals surface area contributed by atoms with Gasteiger partial charge in [0.05, 0.1) is 44.2 Å². The standard InChI is InChI=1S/C42H70O14/c1-20-28(48)33(56-35-31(51)30(50)29(49)24(17-43)54-35)32(52)36(53-20)55-27-9-10-38(4)25(39(27,5)18-44)8-11-40(6)34(38)23(46)14-21-22-15-37(2,3)12-13-42(22,19-45)26(47)16-41(21,40)7/h14,20,22-36,43-52H,8-13,15-19H2,1-7H3/t20-,22+,23-,24-,25-,26+,27+,28+,29-,30+,31-,32-,33+,34-,35+,36+,38+,39+,40-,41-,42-/m1/s1. The number of hydrogen-bond acceptors (Lipinski definition) is 14. The third kappa shape index (κ3) is 6.17. The van der Waals surface area contributed by atoms with Crippen molar-refractivity contribution in [3.63, 3.8) is 0 Å². The van der Waals surface area contributed by atoms with E-state index in [0.717, 1.165) is 32.1 Å². The highest BCUT2D eigenvalue weighted by atomic mass is 16.7. The van der Waals surface area contributed by atoms with Gasteiger partial charge in [0.25, 0.3) is 0 Å². The Morgan fingerprint density at radius 2 is 1.39 bits per heavy atom. The van der Waals surface area contributed by atoms with Crippen LogP contribution in [0.1, 0.15) is 99.8 Å². The summed E-state index contributed by atoms with van der Waals surface area (Å²) >= 11 is 0. The van der Waals surface area contributed by atoms with Gasteiger partial charge in [0, 0.05) is 16.7 Å². The Hall–Kier alpha value is -0.820. The number of aliphatic hydroxyl groups excluding tert-OH is 10. The van der Waals surface area contributed by atoms with Gasteiger partial charge in [-0.1, -0.05) is 53.2 Å². The minimum absolute atomic E-state index is 0.0351. The lowest BCUT2D eigenvalue weighted by Gasteiger charge is -2.72. The smallest absolute Gasteiger partial charge is 0.187 e. The molecule has 322 valence electrons. The predicted molar refractivity (Wildman–Crippen MR) is 200 cm³/mol. The zero-order chi connectivity index (χ0) is 41.1. The van der Waals surface area contributed by atoms with Gasteiger partial charge in [-0.25, -0.2) is 0 Å². The molecule has 2 saturated heterocycles. The van der Waals surface area contributed by atoms with Gasteiger partial charge in [0.1, 0.15) is 42.7 Å². The van der Waals surface area contributed by atoms with Crippen LogP contribution in [-0.4, -0.2) is 151 Å². The van der Waals surface area contributed by atoms with Crippen LogP contribution in [0.5, 0.6) is 0 Å². The predicted octanol–water partition coefficient (Wildman–Crippen LogP) is 0.731. The first kappa shape index (κ1) is 43.3. The number of aliphatic hydroxyl groups is 10. The Morgan fingerprint density at radius 3 is 2.04 bits per heavy atom. The lowest BCUT2D eigenvalue weighted by atomic mass is 9.33. The third-order valence-electron chi connectivity index (χ3n) is 17.4. The average Bonchev–Trinajstić information content (AvgIpc) is 3.14. The highest BCUT2D eigenvalue weighted by molar-refractivity contribution is 5.37. The quantitative estimate of drug-likeness (QED) is 0.126. The van der Waals surface area contributed by atoms with Crippen molar-refractivity contribution in [3.8, 4) is 0 Å². The van der Waals surface area contributed by atoms with E-state index in [1.54, 1.807) is 6.92 Å². The Kier molecular flexibility index (Phi) is 11.3. The van der Waals surface area contributed by atoms with Gasteiger partial charge in [-0.15, -0.1) is 0 Å². The van der Waals surface area contributed by atoms with Crippen molar-refractivity contribution in [2.24, 2.45) is 50.2 Å². The van der Waals surface area contributed by atoms with E-state index in [4.69, 9.17) is 18.9 Å². The van der Waals surface area contributed by atoms with Crippen LogP contribution in [0.15, 0.2) is 11.6 Å². The number of ether oxygens (including phenoxy) is 4. The third-order valence-corrected chi connectivity index (χ3v) is 17.4. The van der Waals surface area contributed by atoms with Crippen molar-refractivity contribution >= 4 is 0 Å². The summed E-state index contributed by atoms with van der Waals surface area (Å²) in [6.45, 7) is 13.9. The topological polar surface area (TPSA) is 239 Å². The molecule has 0 spiro atoms. The molecule has 0 radical (unpaired) electrons. The van der Waals surface area contributed by atoms with Crippen LogP contribution < -0.4 is 0 Å². The Labute approximate surface area is 330 Å². The van der Waals surface area contributed by atoms with E-state index in [-0.39, 0.29) is 36.4 Å². The maximum absolute atomic E-state index is 12.4. The molecule has 0 aromatic rings. The van der Waals surface area contributed by atoms with Crippen LogP contribution in [0, 0.1) is 50.2 Å². The van der Waals surface area contributed by atoms with Crippen LogP contribution in [-0.2, 0) is 18.9 Å². The Bertz CT molecular complexity index is 1480. The highest BCUT2D eigenvalue weighted by Gasteiger charge is 2.72. The molecule has 0 aromatic carbocycles. The molecule has 14 heteroatoms. The minimum Gasteiger partial charge on any atom is -0.396 e. The SMILES string of the molecule is C[C@H]1O[C@@H](O[C@H]2CC[C@@]3(C)[C@@H](CC[C@]4(C)[C@@H]3[C@H](O)C=C3[C@@H]5CC(C)(C)CC[C@]5(CO)[C@@H](O)C[C@]34C)[C@]2(C)CO)[C@H](O)[C@@H](O[C@@H]2O[C@H](CO)[C@@H](O)[C@H](O)[C@H]2O)[C@H]1O. The molecule has 2 heterocycles. The van der Waals surface area contributed by atoms with Crippen LogP contribution in [0.25, 0.3) is 0 Å². The van der Waals surface area contributed by atoms with Crippen LogP contribution in [0.3, 0.4) is 0 Å². The molecule has 0 bridgehead atoms. The van der Waals surface area contributed by atoms with Crippen molar-refractivity contribution in [1.29, 1.82) is 0 Å². The number of hydrogen-bond donors (Lipinski definition) is 10. The van der Waals surface area contributed by atoms with Crippen molar-refractivity contribution in [3.05, 3.63) is 11.6 Å². The second-order valence-corrected chi connectivity index (χ2v) is 20.8. The second kappa shape index (κ2) is 14.7. The fraction of sp³-hybridized carbons (Fsp3) is 0.952. The summed E-state index contributed by atoms with van der Waals surface area (Å²) in [6, 6.07) is 0. The summed E-state index contributed by atoms with van der Waals surface area (Å²) in [5, 5.41) is 110. The molecular weight excluding hydrogens is 728 g/mol. The molecule has 10 N–H and O–H groups in total. The number of fused-ring (bicyclic) bond motifs is 7. The molecule has 0 aromatic heterocycles. The molecule has 56 heavy (non-hydrogen) atoms. The number of allylic oxidation sites excluding steroid dienone is 1. The molecule has 0 unspecified atom stereocenters. The van der Waals surface area contributed by atoms with Gasteiger partial charge >= 0.3 is 0 Å². The average molecular weight is 799 g/mol. The normalized spacial score (nSPS) is 56.9. The van der Waals surface area contributed by atoms with E-state index in [9.17, 15) is 51.1 Å². The highest BCUT2D eigenvalue weighted by Crippen LogP contribution is 2.76. The van der Waals surface area contributed by atoms with E-state index in [1.165, 1.54) is 5.57 Å². The molecule has 6 fully saturated rings. The van der Waals surface area contributed by atoms with Gasteiger partial charge in [-0.2, -0.15) is 0 Å². The first-order valence-corrected chi connectivity index (χ1v) is 21.0. The van der Waals surface area contributed by atoms with E-state index in [2.05, 4.69) is 40.7 Å². The van der Waals surface area contributed by atoms with Gasteiger partial charge in [0.15, 0.2) is 12.6 Å². The van der Waals surface area contributed by atoms with Crippen molar-refractivity contribution in [2.75, 3.05) is 19.8 Å².